The zero-order valence-corrected chi connectivity index (χ0v) is 20.3. The summed E-state index contributed by atoms with van der Waals surface area (Å²) in [6.45, 7) is 9.43. The van der Waals surface area contributed by atoms with Gasteiger partial charge in [-0.25, -0.2) is 4.98 Å². The first kappa shape index (κ1) is 22.5. The second kappa shape index (κ2) is 9.51. The summed E-state index contributed by atoms with van der Waals surface area (Å²) in [7, 11) is 0. The van der Waals surface area contributed by atoms with Gasteiger partial charge in [-0.15, -0.1) is 11.3 Å². The first-order valence-corrected chi connectivity index (χ1v) is 12.3. The third kappa shape index (κ3) is 4.66. The molecule has 1 fully saturated rings. The minimum Gasteiger partial charge on any atom is -0.309 e. The van der Waals surface area contributed by atoms with E-state index in [9.17, 15) is 4.79 Å². The van der Waals surface area contributed by atoms with Crippen molar-refractivity contribution in [3.63, 3.8) is 0 Å². The third-order valence-corrected chi connectivity index (χ3v) is 7.45. The lowest BCUT2D eigenvalue weighted by Gasteiger charge is -2.34. The molecule has 0 atom stereocenters. The van der Waals surface area contributed by atoms with Crippen molar-refractivity contribution in [2.24, 2.45) is 0 Å². The van der Waals surface area contributed by atoms with Gasteiger partial charge < -0.3 is 4.98 Å². The van der Waals surface area contributed by atoms with Gasteiger partial charge in [-0.05, 0) is 37.1 Å². The molecule has 0 spiro atoms. The Balaban J connectivity index is 1.27. The van der Waals surface area contributed by atoms with Crippen molar-refractivity contribution in [3.05, 3.63) is 86.3 Å². The molecule has 3 heterocycles. The van der Waals surface area contributed by atoms with Crippen LogP contribution in [0.4, 0.5) is 0 Å². The van der Waals surface area contributed by atoms with E-state index in [2.05, 4.69) is 59.0 Å². The van der Waals surface area contributed by atoms with Crippen LogP contribution in [0.25, 0.3) is 21.3 Å². The fourth-order valence-electron chi connectivity index (χ4n) is 4.57. The zero-order valence-electron chi connectivity index (χ0n) is 19.5. The Hall–Kier alpha value is -3.31. The lowest BCUT2D eigenvalue weighted by Crippen LogP contribution is -2.45. The molecule has 1 aliphatic heterocycles. The van der Waals surface area contributed by atoms with Crippen LogP contribution in [-0.4, -0.2) is 45.9 Å². The molecular formula is C27H27N5OS. The number of H-pyrrole nitrogens is 1. The van der Waals surface area contributed by atoms with E-state index in [1.807, 2.05) is 24.3 Å². The van der Waals surface area contributed by atoms with Crippen LogP contribution in [0.1, 0.15) is 27.4 Å². The Labute approximate surface area is 203 Å². The number of benzene rings is 2. The van der Waals surface area contributed by atoms with Gasteiger partial charge in [0.05, 0.1) is 23.6 Å². The molecule has 2 aromatic heterocycles. The summed E-state index contributed by atoms with van der Waals surface area (Å²) in [4.78, 5) is 27.7. The van der Waals surface area contributed by atoms with Crippen LogP contribution in [0.3, 0.4) is 0 Å². The molecule has 0 bridgehead atoms. The summed E-state index contributed by atoms with van der Waals surface area (Å²) < 4.78 is 0. The van der Waals surface area contributed by atoms with Gasteiger partial charge in [-0.1, -0.05) is 42.0 Å². The quantitative estimate of drug-likeness (QED) is 0.467. The van der Waals surface area contributed by atoms with E-state index >= 15 is 0 Å². The molecule has 1 saturated heterocycles. The molecule has 5 rings (SSSR count). The molecule has 172 valence electrons. The molecular weight excluding hydrogens is 442 g/mol. The van der Waals surface area contributed by atoms with Crippen LogP contribution in [0.5, 0.6) is 0 Å². The fourth-order valence-corrected chi connectivity index (χ4v) is 5.63. The van der Waals surface area contributed by atoms with Crippen molar-refractivity contribution in [1.82, 2.24) is 19.8 Å². The number of hydrogen-bond donors (Lipinski definition) is 1. The number of fused-ring (bicyclic) bond motifs is 1. The molecule has 34 heavy (non-hydrogen) atoms. The Morgan fingerprint density at radius 1 is 0.971 bits per heavy atom. The number of thiophene rings is 1. The van der Waals surface area contributed by atoms with Crippen LogP contribution in [0, 0.1) is 25.2 Å². The lowest BCUT2D eigenvalue weighted by molar-refractivity contribution is 0.120. The number of nitriles is 1. The number of aryl methyl sites for hydroxylation is 2. The maximum atomic E-state index is 13.1. The normalized spacial score (nSPS) is 15.0. The summed E-state index contributed by atoms with van der Waals surface area (Å²) >= 11 is 1.59. The molecule has 1 aliphatic rings. The summed E-state index contributed by atoms with van der Waals surface area (Å²) in [5, 5.41) is 9.66. The van der Waals surface area contributed by atoms with Crippen molar-refractivity contribution in [2.45, 2.75) is 26.9 Å². The Bertz CT molecular complexity index is 1410. The fraction of sp³-hybridized carbons (Fsp3) is 0.296. The second-order valence-corrected chi connectivity index (χ2v) is 10.2. The highest BCUT2D eigenvalue weighted by molar-refractivity contribution is 7.19. The van der Waals surface area contributed by atoms with Crippen LogP contribution >= 0.6 is 11.3 Å². The van der Waals surface area contributed by atoms with Gasteiger partial charge in [0.15, 0.2) is 0 Å². The van der Waals surface area contributed by atoms with E-state index in [1.54, 1.807) is 11.3 Å². The van der Waals surface area contributed by atoms with Crippen molar-refractivity contribution in [3.8, 4) is 17.2 Å². The van der Waals surface area contributed by atoms with Gasteiger partial charge in [0.2, 0.25) is 0 Å². The average molecular weight is 470 g/mol. The minimum absolute atomic E-state index is 0.0561. The Morgan fingerprint density at radius 2 is 1.62 bits per heavy atom. The standard InChI is InChI=1S/C27H27N5OS/c1-18-3-9-22(10-4-18)24-19(2)34-27-25(24)26(33)29-23(30-27)17-32-13-11-31(12-14-32)16-21-7-5-20(15-28)6-8-21/h3-10H,11-14,16-17H2,1-2H3,(H,29,30,33). The zero-order chi connectivity index (χ0) is 23.7. The number of piperazine rings is 1. The number of hydrogen-bond acceptors (Lipinski definition) is 6. The van der Waals surface area contributed by atoms with E-state index in [0.29, 0.717) is 17.5 Å². The van der Waals surface area contributed by atoms with E-state index in [1.165, 1.54) is 11.1 Å². The molecule has 0 unspecified atom stereocenters. The van der Waals surface area contributed by atoms with Crippen molar-refractivity contribution < 1.29 is 0 Å². The smallest absolute Gasteiger partial charge is 0.260 e. The molecule has 1 N–H and O–H groups in total. The monoisotopic (exact) mass is 469 g/mol. The highest BCUT2D eigenvalue weighted by Gasteiger charge is 2.20. The van der Waals surface area contributed by atoms with E-state index < -0.39 is 0 Å². The summed E-state index contributed by atoms with van der Waals surface area (Å²) in [5.74, 6) is 0.731. The predicted molar refractivity (Wildman–Crippen MR) is 137 cm³/mol. The van der Waals surface area contributed by atoms with Crippen molar-refractivity contribution in [1.29, 1.82) is 5.26 Å². The summed E-state index contributed by atoms with van der Waals surface area (Å²) in [5.41, 5.74) is 5.12. The SMILES string of the molecule is Cc1ccc(-c2c(C)sc3nc(CN4CCN(Cc5ccc(C#N)cc5)CC4)[nH]c(=O)c23)cc1. The molecule has 0 amide bonds. The minimum atomic E-state index is -0.0561. The van der Waals surface area contributed by atoms with E-state index in [4.69, 9.17) is 10.2 Å². The van der Waals surface area contributed by atoms with E-state index in [-0.39, 0.29) is 5.56 Å². The topological polar surface area (TPSA) is 76.0 Å². The Kier molecular flexibility index (Phi) is 6.29. The first-order chi connectivity index (χ1) is 16.5. The van der Waals surface area contributed by atoms with Crippen LogP contribution < -0.4 is 5.56 Å². The maximum Gasteiger partial charge on any atom is 0.260 e. The second-order valence-electron chi connectivity index (χ2n) is 8.95. The van der Waals surface area contributed by atoms with Gasteiger partial charge >= 0.3 is 0 Å². The van der Waals surface area contributed by atoms with E-state index in [0.717, 1.165) is 59.4 Å². The highest BCUT2D eigenvalue weighted by Crippen LogP contribution is 2.35. The molecule has 4 aromatic rings. The number of nitrogens with zero attached hydrogens (tertiary/aromatic N) is 4. The van der Waals surface area contributed by atoms with Gasteiger partial charge in [0, 0.05) is 43.2 Å². The predicted octanol–water partition coefficient (Wildman–Crippen LogP) is 4.46. The lowest BCUT2D eigenvalue weighted by atomic mass is 10.0. The van der Waals surface area contributed by atoms with Crippen molar-refractivity contribution in [2.75, 3.05) is 26.2 Å². The molecule has 2 aromatic carbocycles. The summed E-state index contributed by atoms with van der Waals surface area (Å²) in [6, 6.07) is 18.3. The number of aromatic amines is 1. The number of rotatable bonds is 5. The van der Waals surface area contributed by atoms with Crippen molar-refractivity contribution >= 4 is 21.6 Å². The maximum absolute atomic E-state index is 13.1. The molecule has 0 saturated carbocycles. The largest absolute Gasteiger partial charge is 0.309 e. The molecule has 0 radical (unpaired) electrons. The third-order valence-electron chi connectivity index (χ3n) is 6.45. The number of aromatic nitrogens is 2. The molecule has 0 aliphatic carbocycles. The van der Waals surface area contributed by atoms with Gasteiger partial charge in [-0.2, -0.15) is 5.26 Å². The van der Waals surface area contributed by atoms with Gasteiger partial charge in [0.1, 0.15) is 10.7 Å². The van der Waals surface area contributed by atoms with Crippen LogP contribution in [0.15, 0.2) is 53.3 Å². The Morgan fingerprint density at radius 3 is 2.26 bits per heavy atom. The van der Waals surface area contributed by atoms with Crippen LogP contribution in [0.2, 0.25) is 0 Å². The first-order valence-electron chi connectivity index (χ1n) is 11.5. The highest BCUT2D eigenvalue weighted by atomic mass is 32.1. The van der Waals surface area contributed by atoms with Crippen LogP contribution in [-0.2, 0) is 13.1 Å². The van der Waals surface area contributed by atoms with Gasteiger partial charge in [0.25, 0.3) is 5.56 Å². The average Bonchev–Trinajstić information content (AvgIpc) is 3.17. The number of nitrogens with one attached hydrogen (secondary N) is 1. The molecule has 6 nitrogen and oxygen atoms in total. The molecule has 7 heteroatoms. The van der Waals surface area contributed by atoms with Gasteiger partial charge in [-0.3, -0.25) is 14.6 Å². The summed E-state index contributed by atoms with van der Waals surface area (Å²) in [6.07, 6.45) is 0.